The van der Waals surface area contributed by atoms with Crippen LogP contribution in [0.25, 0.3) is 0 Å². The second-order valence-electron chi connectivity index (χ2n) is 4.86. The van der Waals surface area contributed by atoms with Gasteiger partial charge in [0.25, 0.3) is 0 Å². The molecule has 1 rings (SSSR count). The minimum Gasteiger partial charge on any atom is -0.335 e. The largest absolute Gasteiger partial charge is 0.335 e. The van der Waals surface area contributed by atoms with E-state index in [1.165, 1.54) is 12.2 Å². The molecule has 0 amide bonds. The van der Waals surface area contributed by atoms with E-state index in [-0.39, 0.29) is 0 Å². The molecule has 16 heavy (non-hydrogen) atoms. The molecule has 1 heterocycles. The number of aryl methyl sites for hydroxylation is 1. The molecule has 3 nitrogen and oxygen atoms in total. The summed E-state index contributed by atoms with van der Waals surface area (Å²) in [6, 6.07) is 0.540. The molecule has 1 aromatic heterocycles. The molecule has 0 fully saturated rings. The van der Waals surface area contributed by atoms with Crippen molar-refractivity contribution in [2.45, 2.75) is 52.6 Å². The Labute approximate surface area is 99.3 Å². The number of nitrogens with zero attached hydrogens (tertiary/aromatic N) is 2. The fraction of sp³-hybridized carbons (Fsp3) is 0.769. The molecule has 0 saturated carbocycles. The lowest BCUT2D eigenvalue weighted by Gasteiger charge is -2.18. The van der Waals surface area contributed by atoms with Crippen LogP contribution in [0.2, 0.25) is 0 Å². The van der Waals surface area contributed by atoms with Crippen molar-refractivity contribution in [3.05, 3.63) is 18.2 Å². The van der Waals surface area contributed by atoms with Crippen LogP contribution in [0.3, 0.4) is 0 Å². The van der Waals surface area contributed by atoms with Crippen molar-refractivity contribution < 1.29 is 0 Å². The van der Waals surface area contributed by atoms with Gasteiger partial charge in [0.2, 0.25) is 0 Å². The normalized spacial score (nSPS) is 13.3. The molecule has 1 aromatic rings. The number of likely N-dealkylation sites (N-methyl/N-ethyl adjacent to an activating group) is 1. The van der Waals surface area contributed by atoms with Crippen LogP contribution >= 0.6 is 0 Å². The van der Waals surface area contributed by atoms with Crippen LogP contribution in [0.4, 0.5) is 0 Å². The van der Waals surface area contributed by atoms with Crippen molar-refractivity contribution in [1.29, 1.82) is 0 Å². The minimum absolute atomic E-state index is 0.540. The summed E-state index contributed by atoms with van der Waals surface area (Å²) in [5, 5.41) is 3.39. The first-order valence-corrected chi connectivity index (χ1v) is 6.34. The Hall–Kier alpha value is -0.830. The van der Waals surface area contributed by atoms with E-state index in [4.69, 9.17) is 0 Å². The fourth-order valence-corrected chi connectivity index (χ4v) is 2.07. The summed E-state index contributed by atoms with van der Waals surface area (Å²) < 4.78 is 2.27. The van der Waals surface area contributed by atoms with E-state index < -0.39 is 0 Å². The Balaban J connectivity index is 2.58. The van der Waals surface area contributed by atoms with Crippen LogP contribution in [0.1, 0.15) is 39.4 Å². The number of nitrogens with one attached hydrogen (secondary N) is 1. The molecule has 0 aliphatic rings. The maximum absolute atomic E-state index is 4.45. The van der Waals surface area contributed by atoms with E-state index in [1.54, 1.807) is 0 Å². The van der Waals surface area contributed by atoms with Crippen molar-refractivity contribution >= 4 is 0 Å². The number of hydrogen-bond donors (Lipinski definition) is 1. The first-order valence-electron chi connectivity index (χ1n) is 6.34. The maximum Gasteiger partial charge on any atom is 0.110 e. The predicted molar refractivity (Wildman–Crippen MR) is 68.5 cm³/mol. The molecule has 0 aliphatic carbocycles. The molecule has 92 valence electrons. The molecule has 0 aromatic carbocycles. The Kier molecular flexibility index (Phi) is 5.53. The van der Waals surface area contributed by atoms with Gasteiger partial charge in [0.1, 0.15) is 5.82 Å². The monoisotopic (exact) mass is 223 g/mol. The van der Waals surface area contributed by atoms with Crippen molar-refractivity contribution in [2.75, 3.05) is 7.05 Å². The quantitative estimate of drug-likeness (QED) is 0.769. The summed E-state index contributed by atoms with van der Waals surface area (Å²) in [6.45, 7) is 7.81. The molecule has 0 radical (unpaired) electrons. The first-order chi connectivity index (χ1) is 7.67. The smallest absolute Gasteiger partial charge is 0.110 e. The SMILES string of the molecule is CCCn1ccnc1CC(CC(C)C)NC. The molecule has 0 saturated heterocycles. The average Bonchev–Trinajstić information content (AvgIpc) is 2.65. The van der Waals surface area contributed by atoms with E-state index in [9.17, 15) is 0 Å². The van der Waals surface area contributed by atoms with Gasteiger partial charge in [0.15, 0.2) is 0 Å². The second-order valence-corrected chi connectivity index (χ2v) is 4.86. The highest BCUT2D eigenvalue weighted by atomic mass is 15.1. The molecule has 0 spiro atoms. The zero-order valence-corrected chi connectivity index (χ0v) is 11.0. The Bertz CT molecular complexity index is 291. The minimum atomic E-state index is 0.540. The summed E-state index contributed by atoms with van der Waals surface area (Å²) in [4.78, 5) is 4.45. The molecule has 1 N–H and O–H groups in total. The standard InChI is InChI=1S/C13H25N3/c1-5-7-16-8-6-15-13(16)10-12(14-4)9-11(2)3/h6,8,11-12,14H,5,7,9-10H2,1-4H3. The summed E-state index contributed by atoms with van der Waals surface area (Å²) in [6.07, 6.45) is 7.39. The number of rotatable bonds is 7. The topological polar surface area (TPSA) is 29.9 Å². The van der Waals surface area contributed by atoms with Crippen molar-refractivity contribution in [2.24, 2.45) is 5.92 Å². The number of imidazole rings is 1. The van der Waals surface area contributed by atoms with Gasteiger partial charge in [-0.25, -0.2) is 4.98 Å². The third-order valence-corrected chi connectivity index (χ3v) is 2.86. The Morgan fingerprint density at radius 2 is 2.19 bits per heavy atom. The summed E-state index contributed by atoms with van der Waals surface area (Å²) in [5.74, 6) is 1.94. The van der Waals surface area contributed by atoms with Gasteiger partial charge in [0, 0.05) is 31.4 Å². The lowest BCUT2D eigenvalue weighted by Crippen LogP contribution is -2.30. The lowest BCUT2D eigenvalue weighted by atomic mass is 10.0. The molecule has 1 atom stereocenters. The van der Waals surface area contributed by atoms with Gasteiger partial charge in [-0.15, -0.1) is 0 Å². The molecule has 3 heteroatoms. The zero-order valence-electron chi connectivity index (χ0n) is 11.0. The van der Waals surface area contributed by atoms with Crippen molar-refractivity contribution in [3.63, 3.8) is 0 Å². The highest BCUT2D eigenvalue weighted by molar-refractivity contribution is 4.95. The highest BCUT2D eigenvalue weighted by Gasteiger charge is 2.12. The molecule has 0 aliphatic heterocycles. The number of aromatic nitrogens is 2. The van der Waals surface area contributed by atoms with Gasteiger partial charge in [-0.1, -0.05) is 20.8 Å². The third kappa shape index (κ3) is 3.97. The van der Waals surface area contributed by atoms with Crippen LogP contribution in [0, 0.1) is 5.92 Å². The maximum atomic E-state index is 4.45. The molecular formula is C13H25N3. The van der Waals surface area contributed by atoms with E-state index in [0.717, 1.165) is 25.3 Å². The van der Waals surface area contributed by atoms with Gasteiger partial charge in [0.05, 0.1) is 0 Å². The summed E-state index contributed by atoms with van der Waals surface area (Å²) in [5.41, 5.74) is 0. The van der Waals surface area contributed by atoms with Gasteiger partial charge in [-0.3, -0.25) is 0 Å². The Morgan fingerprint density at radius 1 is 1.44 bits per heavy atom. The molecule has 1 unspecified atom stereocenters. The fourth-order valence-electron chi connectivity index (χ4n) is 2.07. The third-order valence-electron chi connectivity index (χ3n) is 2.86. The lowest BCUT2D eigenvalue weighted by molar-refractivity contribution is 0.428. The summed E-state index contributed by atoms with van der Waals surface area (Å²) in [7, 11) is 2.04. The summed E-state index contributed by atoms with van der Waals surface area (Å²) >= 11 is 0. The first kappa shape index (κ1) is 13.2. The van der Waals surface area contributed by atoms with E-state index in [1.807, 2.05) is 13.2 Å². The second kappa shape index (κ2) is 6.69. The van der Waals surface area contributed by atoms with Crippen molar-refractivity contribution in [3.8, 4) is 0 Å². The predicted octanol–water partition coefficient (Wildman–Crippen LogP) is 2.47. The average molecular weight is 223 g/mol. The number of hydrogen-bond acceptors (Lipinski definition) is 2. The van der Waals surface area contributed by atoms with Gasteiger partial charge in [-0.05, 0) is 25.8 Å². The van der Waals surface area contributed by atoms with Crippen LogP contribution in [-0.4, -0.2) is 22.6 Å². The van der Waals surface area contributed by atoms with Crippen LogP contribution < -0.4 is 5.32 Å². The van der Waals surface area contributed by atoms with Gasteiger partial charge in [-0.2, -0.15) is 0 Å². The molecular weight excluding hydrogens is 198 g/mol. The Morgan fingerprint density at radius 3 is 2.75 bits per heavy atom. The highest BCUT2D eigenvalue weighted by Crippen LogP contribution is 2.10. The molecule has 0 bridgehead atoms. The van der Waals surface area contributed by atoms with Crippen LogP contribution in [0.15, 0.2) is 12.4 Å². The van der Waals surface area contributed by atoms with Gasteiger partial charge >= 0.3 is 0 Å². The van der Waals surface area contributed by atoms with E-state index in [0.29, 0.717) is 6.04 Å². The van der Waals surface area contributed by atoms with Crippen molar-refractivity contribution in [1.82, 2.24) is 14.9 Å². The van der Waals surface area contributed by atoms with Crippen LogP contribution in [-0.2, 0) is 13.0 Å². The van der Waals surface area contributed by atoms with E-state index >= 15 is 0 Å². The van der Waals surface area contributed by atoms with Gasteiger partial charge < -0.3 is 9.88 Å². The van der Waals surface area contributed by atoms with Crippen LogP contribution in [0.5, 0.6) is 0 Å². The van der Waals surface area contributed by atoms with E-state index in [2.05, 4.69) is 41.8 Å². The zero-order chi connectivity index (χ0) is 12.0.